The molecule has 0 aliphatic heterocycles. The molecule has 0 heterocycles. The van der Waals surface area contributed by atoms with Gasteiger partial charge < -0.3 is 21.3 Å². The Morgan fingerprint density at radius 3 is 1.28 bits per heavy atom. The molecule has 4 aromatic rings. The fraction of sp³-hybridized carbons (Fsp3) is 0.133. The maximum Gasteiger partial charge on any atom is 0.171 e. The molecule has 0 unspecified atom stereocenters. The molecule has 4 nitrogen and oxygen atoms in total. The number of benzene rings is 4. The third-order valence-electron chi connectivity index (χ3n) is 5.93. The van der Waals surface area contributed by atoms with Crippen molar-refractivity contribution in [3.05, 3.63) is 131 Å². The third kappa shape index (κ3) is 7.63. The van der Waals surface area contributed by atoms with Crippen LogP contribution < -0.4 is 21.3 Å². The largest absolute Gasteiger partial charge is 0.358 e. The Balaban J connectivity index is 1.26. The maximum atomic E-state index is 5.44. The van der Waals surface area contributed by atoms with Crippen LogP contribution in [0.1, 0.15) is 35.1 Å². The van der Waals surface area contributed by atoms with Crippen LogP contribution in [0.4, 0.5) is 11.4 Å². The van der Waals surface area contributed by atoms with Gasteiger partial charge in [-0.3, -0.25) is 0 Å². The van der Waals surface area contributed by atoms with E-state index in [-0.39, 0.29) is 5.92 Å². The molecule has 4 aromatic carbocycles. The Hall–Kier alpha value is -3.74. The molecular weight excluding hydrogens is 480 g/mol. The summed E-state index contributed by atoms with van der Waals surface area (Å²) in [5, 5.41) is 14.2. The van der Waals surface area contributed by atoms with Gasteiger partial charge in [-0.25, -0.2) is 0 Å². The minimum Gasteiger partial charge on any atom is -0.358 e. The van der Waals surface area contributed by atoms with E-state index in [1.54, 1.807) is 0 Å². The number of anilines is 2. The lowest BCUT2D eigenvalue weighted by atomic mass is 9.93. The van der Waals surface area contributed by atoms with Crippen LogP contribution >= 0.6 is 24.4 Å². The highest BCUT2D eigenvalue weighted by Gasteiger charge is 2.09. The molecule has 36 heavy (non-hydrogen) atoms. The van der Waals surface area contributed by atoms with E-state index in [1.165, 1.54) is 22.3 Å². The molecule has 0 fully saturated rings. The van der Waals surface area contributed by atoms with Crippen LogP contribution in [0.2, 0.25) is 0 Å². The second kappa shape index (κ2) is 12.8. The van der Waals surface area contributed by atoms with Gasteiger partial charge >= 0.3 is 0 Å². The van der Waals surface area contributed by atoms with E-state index in [2.05, 4.69) is 101 Å². The SMILES string of the molecule is CC(c1ccc(NC(=S)NCc2ccccc2)cc1)c1ccc(NC(=S)NCc2ccccc2)cc1. The van der Waals surface area contributed by atoms with Gasteiger partial charge in [-0.1, -0.05) is 91.9 Å². The standard InChI is InChI=1S/C30H30N4S2/c1-22(25-12-16-27(17-13-25)33-29(35)31-20-23-8-4-2-5-9-23)26-14-18-28(19-15-26)34-30(36)32-21-24-10-6-3-7-11-24/h2-19,22H,20-21H2,1H3,(H2,31,33,35)(H2,32,34,36). The van der Waals surface area contributed by atoms with E-state index >= 15 is 0 Å². The summed E-state index contributed by atoms with van der Waals surface area (Å²) in [7, 11) is 0. The molecule has 4 N–H and O–H groups in total. The summed E-state index contributed by atoms with van der Waals surface area (Å²) in [4.78, 5) is 0. The molecule has 0 saturated carbocycles. The lowest BCUT2D eigenvalue weighted by Crippen LogP contribution is -2.27. The first-order chi connectivity index (χ1) is 17.6. The van der Waals surface area contributed by atoms with Gasteiger partial charge in [0.15, 0.2) is 10.2 Å². The zero-order valence-electron chi connectivity index (χ0n) is 20.2. The van der Waals surface area contributed by atoms with E-state index in [9.17, 15) is 0 Å². The van der Waals surface area contributed by atoms with E-state index in [0.717, 1.165) is 11.4 Å². The molecule has 4 rings (SSSR count). The van der Waals surface area contributed by atoms with Gasteiger partial charge in [-0.15, -0.1) is 0 Å². The van der Waals surface area contributed by atoms with Crippen molar-refractivity contribution in [2.45, 2.75) is 25.9 Å². The average molecular weight is 511 g/mol. The van der Waals surface area contributed by atoms with Crippen molar-refractivity contribution in [1.82, 2.24) is 10.6 Å². The molecule has 0 amide bonds. The van der Waals surface area contributed by atoms with Gasteiger partial charge in [0.05, 0.1) is 0 Å². The van der Waals surface area contributed by atoms with Crippen molar-refractivity contribution in [3.8, 4) is 0 Å². The van der Waals surface area contributed by atoms with Crippen molar-refractivity contribution in [3.63, 3.8) is 0 Å². The summed E-state index contributed by atoms with van der Waals surface area (Å²) in [6.45, 7) is 3.60. The quantitative estimate of drug-likeness (QED) is 0.195. The first kappa shape index (κ1) is 25.4. The first-order valence-electron chi connectivity index (χ1n) is 11.9. The van der Waals surface area contributed by atoms with Crippen LogP contribution in [0.15, 0.2) is 109 Å². The number of hydrogen-bond donors (Lipinski definition) is 4. The number of nitrogens with one attached hydrogen (secondary N) is 4. The lowest BCUT2D eigenvalue weighted by Gasteiger charge is -2.16. The molecule has 0 radical (unpaired) electrons. The second-order valence-corrected chi connectivity index (χ2v) is 9.37. The van der Waals surface area contributed by atoms with E-state index < -0.39 is 0 Å². The van der Waals surface area contributed by atoms with Crippen molar-refractivity contribution >= 4 is 46.0 Å². The predicted octanol–water partition coefficient (Wildman–Crippen LogP) is 6.81. The molecule has 0 spiro atoms. The van der Waals surface area contributed by atoms with Gasteiger partial charge in [0.2, 0.25) is 0 Å². The highest BCUT2D eigenvalue weighted by Crippen LogP contribution is 2.26. The monoisotopic (exact) mass is 510 g/mol. The Morgan fingerprint density at radius 1 is 0.556 bits per heavy atom. The van der Waals surface area contributed by atoms with Gasteiger partial charge in [0, 0.05) is 30.4 Å². The van der Waals surface area contributed by atoms with Gasteiger partial charge in [0.25, 0.3) is 0 Å². The summed E-state index contributed by atoms with van der Waals surface area (Å²) in [5.41, 5.74) is 6.80. The van der Waals surface area contributed by atoms with Crippen LogP contribution in [0.25, 0.3) is 0 Å². The topological polar surface area (TPSA) is 48.1 Å². The van der Waals surface area contributed by atoms with Gasteiger partial charge in [0.1, 0.15) is 0 Å². The molecule has 6 heteroatoms. The Labute approximate surface area is 224 Å². The van der Waals surface area contributed by atoms with E-state index in [0.29, 0.717) is 23.3 Å². The number of thiocarbonyl (C=S) groups is 2. The molecule has 0 saturated heterocycles. The van der Waals surface area contributed by atoms with Crippen LogP contribution in [0.3, 0.4) is 0 Å². The lowest BCUT2D eigenvalue weighted by molar-refractivity contribution is 0.920. The predicted molar refractivity (Wildman–Crippen MR) is 159 cm³/mol. The summed E-state index contributed by atoms with van der Waals surface area (Å²) >= 11 is 10.9. The average Bonchev–Trinajstić information content (AvgIpc) is 2.92. The summed E-state index contributed by atoms with van der Waals surface area (Å²) < 4.78 is 0. The first-order valence-corrected chi connectivity index (χ1v) is 12.8. The fourth-order valence-electron chi connectivity index (χ4n) is 3.81. The number of rotatable bonds is 8. The smallest absolute Gasteiger partial charge is 0.171 e. The van der Waals surface area contributed by atoms with Crippen molar-refractivity contribution in [1.29, 1.82) is 0 Å². The second-order valence-electron chi connectivity index (χ2n) is 8.55. The highest BCUT2D eigenvalue weighted by atomic mass is 32.1. The Morgan fingerprint density at radius 2 is 0.917 bits per heavy atom. The molecular formula is C30H30N4S2. The molecule has 0 aliphatic rings. The highest BCUT2D eigenvalue weighted by molar-refractivity contribution is 7.80. The normalized spacial score (nSPS) is 10.5. The molecule has 0 aliphatic carbocycles. The molecule has 0 atom stereocenters. The number of hydrogen-bond acceptors (Lipinski definition) is 2. The van der Waals surface area contributed by atoms with Crippen LogP contribution in [0, 0.1) is 0 Å². The van der Waals surface area contributed by atoms with Crippen molar-refractivity contribution < 1.29 is 0 Å². The minimum absolute atomic E-state index is 0.263. The van der Waals surface area contributed by atoms with E-state index in [1.807, 2.05) is 36.4 Å². The van der Waals surface area contributed by atoms with Crippen molar-refractivity contribution in [2.24, 2.45) is 0 Å². The van der Waals surface area contributed by atoms with Gasteiger partial charge in [-0.2, -0.15) is 0 Å². The minimum atomic E-state index is 0.263. The van der Waals surface area contributed by atoms with Gasteiger partial charge in [-0.05, 0) is 71.0 Å². The maximum absolute atomic E-state index is 5.44. The zero-order valence-corrected chi connectivity index (χ0v) is 21.8. The van der Waals surface area contributed by atoms with Crippen LogP contribution in [-0.2, 0) is 13.1 Å². The zero-order chi connectivity index (χ0) is 25.2. The van der Waals surface area contributed by atoms with Crippen LogP contribution in [0.5, 0.6) is 0 Å². The Kier molecular flexibility index (Phi) is 9.03. The Bertz CT molecular complexity index is 1160. The molecule has 182 valence electrons. The summed E-state index contributed by atoms with van der Waals surface area (Å²) in [6, 6.07) is 37.2. The van der Waals surface area contributed by atoms with Crippen LogP contribution in [-0.4, -0.2) is 10.2 Å². The summed E-state index contributed by atoms with van der Waals surface area (Å²) in [6.07, 6.45) is 0. The summed E-state index contributed by atoms with van der Waals surface area (Å²) in [5.74, 6) is 0.263. The fourth-order valence-corrected chi connectivity index (χ4v) is 4.19. The van der Waals surface area contributed by atoms with E-state index in [4.69, 9.17) is 24.4 Å². The third-order valence-corrected chi connectivity index (χ3v) is 6.42. The molecule has 0 bridgehead atoms. The molecule has 0 aromatic heterocycles. The van der Waals surface area contributed by atoms with Crippen molar-refractivity contribution in [2.75, 3.05) is 10.6 Å².